The van der Waals surface area contributed by atoms with Gasteiger partial charge in [-0.3, -0.25) is 10.1 Å². The minimum atomic E-state index is -0.537. The highest BCUT2D eigenvalue weighted by molar-refractivity contribution is 7.20. The van der Waals surface area contributed by atoms with Gasteiger partial charge < -0.3 is 14.2 Å². The van der Waals surface area contributed by atoms with Gasteiger partial charge in [0.2, 0.25) is 0 Å². The molecule has 0 N–H and O–H groups in total. The van der Waals surface area contributed by atoms with Crippen molar-refractivity contribution >= 4 is 44.8 Å². The molecular weight excluding hydrogens is 470 g/mol. The lowest BCUT2D eigenvalue weighted by Gasteiger charge is -2.20. The molecule has 0 radical (unpaired) electrons. The SMILES string of the molecule is Cc1nn(-c2ccc(Cl)cc2)c2sc(C(=O)OCc3cc([N+](=O)[O-])cc4c3OCOC4)cc12. The quantitative estimate of drug-likeness (QED) is 0.218. The molecule has 0 amide bonds. The van der Waals surface area contributed by atoms with Gasteiger partial charge in [-0.25, -0.2) is 9.48 Å². The van der Waals surface area contributed by atoms with Crippen LogP contribution in [0.5, 0.6) is 5.75 Å². The molecule has 2 aromatic heterocycles. The van der Waals surface area contributed by atoms with Gasteiger partial charge in [0, 0.05) is 33.7 Å². The summed E-state index contributed by atoms with van der Waals surface area (Å²) in [6.07, 6.45) is 0. The Hall–Kier alpha value is -3.47. The molecule has 4 aromatic rings. The van der Waals surface area contributed by atoms with Gasteiger partial charge in [0.15, 0.2) is 6.79 Å². The van der Waals surface area contributed by atoms with E-state index in [1.54, 1.807) is 22.9 Å². The van der Waals surface area contributed by atoms with Crippen molar-refractivity contribution in [3.63, 3.8) is 0 Å². The molecule has 168 valence electrons. The smallest absolute Gasteiger partial charge is 0.348 e. The maximum atomic E-state index is 12.8. The number of nitro benzene ring substituents is 1. The van der Waals surface area contributed by atoms with Gasteiger partial charge in [-0.15, -0.1) is 11.3 Å². The number of esters is 1. The second kappa shape index (κ2) is 8.47. The third-order valence-corrected chi connectivity index (χ3v) is 6.50. The standard InChI is InChI=1S/C22H16ClN3O6S/c1-12-18-8-19(33-21(18)25(24-12)16-4-2-15(23)3-5-16)22(27)31-10-14-7-17(26(28)29)6-13-9-30-11-32-20(13)14/h2-8H,9-11H2,1H3. The fourth-order valence-electron chi connectivity index (χ4n) is 3.61. The first-order chi connectivity index (χ1) is 15.9. The van der Waals surface area contributed by atoms with E-state index in [1.165, 1.54) is 23.5 Å². The minimum Gasteiger partial charge on any atom is -0.467 e. The van der Waals surface area contributed by atoms with Crippen LogP contribution in [0.15, 0.2) is 42.5 Å². The van der Waals surface area contributed by atoms with E-state index >= 15 is 0 Å². The second-order valence-corrected chi connectivity index (χ2v) is 8.81. The first kappa shape index (κ1) is 21.4. The van der Waals surface area contributed by atoms with E-state index in [0.29, 0.717) is 26.8 Å². The Balaban J connectivity index is 1.41. The number of ether oxygens (including phenoxy) is 3. The van der Waals surface area contributed by atoms with E-state index in [1.807, 2.05) is 19.1 Å². The highest BCUT2D eigenvalue weighted by atomic mass is 35.5. The van der Waals surface area contributed by atoms with E-state index < -0.39 is 10.9 Å². The van der Waals surface area contributed by atoms with Gasteiger partial charge in [0.05, 0.1) is 22.9 Å². The summed E-state index contributed by atoms with van der Waals surface area (Å²) in [5.41, 5.74) is 2.44. The van der Waals surface area contributed by atoms with E-state index in [-0.39, 0.29) is 25.7 Å². The lowest BCUT2D eigenvalue weighted by molar-refractivity contribution is -0.385. The molecule has 11 heteroatoms. The van der Waals surface area contributed by atoms with Crippen molar-refractivity contribution in [2.75, 3.05) is 6.79 Å². The van der Waals surface area contributed by atoms with Crippen LogP contribution in [0.3, 0.4) is 0 Å². The number of nitro groups is 1. The zero-order valence-electron chi connectivity index (χ0n) is 17.2. The number of hydrogen-bond acceptors (Lipinski definition) is 8. The molecule has 1 aliphatic heterocycles. The van der Waals surface area contributed by atoms with Gasteiger partial charge in [-0.05, 0) is 37.3 Å². The number of non-ortho nitro benzene ring substituents is 1. The maximum Gasteiger partial charge on any atom is 0.348 e. The molecule has 0 saturated carbocycles. The van der Waals surface area contributed by atoms with Gasteiger partial charge in [0.1, 0.15) is 22.1 Å². The van der Waals surface area contributed by atoms with E-state index in [4.69, 9.17) is 25.8 Å². The molecule has 0 fully saturated rings. The van der Waals surface area contributed by atoms with Gasteiger partial charge >= 0.3 is 5.97 Å². The predicted molar refractivity (Wildman–Crippen MR) is 121 cm³/mol. The lowest BCUT2D eigenvalue weighted by atomic mass is 10.1. The number of thiophene rings is 1. The van der Waals surface area contributed by atoms with E-state index in [9.17, 15) is 14.9 Å². The second-order valence-electron chi connectivity index (χ2n) is 7.34. The van der Waals surface area contributed by atoms with Crippen molar-refractivity contribution in [1.29, 1.82) is 0 Å². The fourth-order valence-corrected chi connectivity index (χ4v) is 4.82. The largest absolute Gasteiger partial charge is 0.467 e. The summed E-state index contributed by atoms with van der Waals surface area (Å²) in [5.74, 6) is -0.0872. The maximum absolute atomic E-state index is 12.8. The molecule has 0 aliphatic carbocycles. The Bertz CT molecular complexity index is 1400. The first-order valence-electron chi connectivity index (χ1n) is 9.83. The summed E-state index contributed by atoms with van der Waals surface area (Å²) in [6, 6.07) is 11.7. The Morgan fingerprint density at radius 2 is 2.09 bits per heavy atom. The summed E-state index contributed by atoms with van der Waals surface area (Å²) in [6.45, 7) is 1.92. The highest BCUT2D eigenvalue weighted by Gasteiger charge is 2.23. The number of carbonyl (C=O) groups excluding carboxylic acids is 1. The van der Waals surface area contributed by atoms with Crippen molar-refractivity contribution in [3.05, 3.63) is 79.3 Å². The number of benzene rings is 2. The van der Waals surface area contributed by atoms with Gasteiger partial charge in [-0.2, -0.15) is 5.10 Å². The fraction of sp³-hybridized carbons (Fsp3) is 0.182. The van der Waals surface area contributed by atoms with E-state index in [2.05, 4.69) is 5.10 Å². The van der Waals surface area contributed by atoms with E-state index in [0.717, 1.165) is 21.6 Å². The first-order valence-corrected chi connectivity index (χ1v) is 11.0. The van der Waals surface area contributed by atoms with Gasteiger partial charge in [0.25, 0.3) is 5.69 Å². The predicted octanol–water partition coefficient (Wildman–Crippen LogP) is 5.18. The zero-order valence-corrected chi connectivity index (χ0v) is 18.8. The monoisotopic (exact) mass is 485 g/mol. The molecule has 33 heavy (non-hydrogen) atoms. The molecule has 2 aromatic carbocycles. The molecule has 5 rings (SSSR count). The van der Waals surface area contributed by atoms with Crippen LogP contribution in [0.4, 0.5) is 5.69 Å². The average Bonchev–Trinajstić information content (AvgIpc) is 3.38. The number of halogens is 1. The van der Waals surface area contributed by atoms with Crippen LogP contribution >= 0.6 is 22.9 Å². The molecule has 0 atom stereocenters. The molecule has 0 saturated heterocycles. The Labute approximate surface area is 196 Å². The van der Waals surface area contributed by atoms with Crippen molar-refractivity contribution in [2.45, 2.75) is 20.1 Å². The van der Waals surface area contributed by atoms with Crippen molar-refractivity contribution in [1.82, 2.24) is 9.78 Å². The lowest BCUT2D eigenvalue weighted by Crippen LogP contribution is -2.14. The number of aryl methyl sites for hydroxylation is 1. The summed E-state index contributed by atoms with van der Waals surface area (Å²) in [4.78, 5) is 24.8. The number of aromatic nitrogens is 2. The summed E-state index contributed by atoms with van der Waals surface area (Å²) in [5, 5.41) is 17.3. The third kappa shape index (κ3) is 4.04. The van der Waals surface area contributed by atoms with Crippen LogP contribution < -0.4 is 4.74 Å². The number of hydrogen-bond donors (Lipinski definition) is 0. The summed E-state index contributed by atoms with van der Waals surface area (Å²) in [7, 11) is 0. The highest BCUT2D eigenvalue weighted by Crippen LogP contribution is 2.34. The summed E-state index contributed by atoms with van der Waals surface area (Å²) >= 11 is 7.24. The molecule has 3 heterocycles. The number of rotatable bonds is 5. The van der Waals surface area contributed by atoms with Crippen molar-refractivity contribution in [3.8, 4) is 11.4 Å². The van der Waals surface area contributed by atoms with Crippen LogP contribution in [-0.4, -0.2) is 27.5 Å². The molecule has 0 spiro atoms. The molecule has 0 bridgehead atoms. The Morgan fingerprint density at radius 1 is 1.30 bits per heavy atom. The molecule has 0 unspecified atom stereocenters. The molecule has 9 nitrogen and oxygen atoms in total. The summed E-state index contributed by atoms with van der Waals surface area (Å²) < 4.78 is 18.0. The number of fused-ring (bicyclic) bond motifs is 2. The van der Waals surface area contributed by atoms with Crippen LogP contribution in [0.1, 0.15) is 26.5 Å². The van der Waals surface area contributed by atoms with Crippen molar-refractivity contribution < 1.29 is 23.9 Å². The third-order valence-electron chi connectivity index (χ3n) is 5.16. The molecule has 1 aliphatic rings. The van der Waals surface area contributed by atoms with Gasteiger partial charge in [-0.1, -0.05) is 11.6 Å². The zero-order chi connectivity index (χ0) is 23.1. The Kier molecular flexibility index (Phi) is 5.49. The number of nitrogens with zero attached hydrogens (tertiary/aromatic N) is 3. The minimum absolute atomic E-state index is 0.0303. The molecular formula is C22H16ClN3O6S. The normalized spacial score (nSPS) is 12.9. The van der Waals surface area contributed by atoms with Crippen LogP contribution in [-0.2, 0) is 22.7 Å². The topological polar surface area (TPSA) is 106 Å². The average molecular weight is 486 g/mol. The van der Waals surface area contributed by atoms with Crippen LogP contribution in [0.25, 0.3) is 15.9 Å². The van der Waals surface area contributed by atoms with Crippen LogP contribution in [0.2, 0.25) is 5.02 Å². The number of carbonyl (C=O) groups is 1. The Morgan fingerprint density at radius 3 is 2.85 bits per heavy atom. The van der Waals surface area contributed by atoms with Crippen molar-refractivity contribution in [2.24, 2.45) is 0 Å². The van der Waals surface area contributed by atoms with Crippen LogP contribution in [0, 0.1) is 17.0 Å².